The SMILES string of the molecule is CCC(C)(C(NC)C(C)C)N(C)C. The van der Waals surface area contributed by atoms with Crippen molar-refractivity contribution in [2.45, 2.75) is 45.7 Å². The Balaban J connectivity index is 4.69. The van der Waals surface area contributed by atoms with Crippen LogP contribution in [0.25, 0.3) is 0 Å². The molecule has 0 spiro atoms. The van der Waals surface area contributed by atoms with Crippen LogP contribution in [-0.4, -0.2) is 37.6 Å². The van der Waals surface area contributed by atoms with Crippen LogP contribution >= 0.6 is 0 Å². The van der Waals surface area contributed by atoms with Crippen LogP contribution in [0.5, 0.6) is 0 Å². The molecule has 0 aliphatic rings. The topological polar surface area (TPSA) is 15.3 Å². The van der Waals surface area contributed by atoms with Crippen molar-refractivity contribution in [2.75, 3.05) is 21.1 Å². The quantitative estimate of drug-likeness (QED) is 0.706. The molecule has 0 bridgehead atoms. The van der Waals surface area contributed by atoms with Crippen molar-refractivity contribution >= 4 is 0 Å². The Kier molecular flexibility index (Phi) is 4.93. The maximum Gasteiger partial charge on any atom is 0.0328 e. The molecule has 0 aliphatic heterocycles. The van der Waals surface area contributed by atoms with E-state index in [-0.39, 0.29) is 5.54 Å². The van der Waals surface area contributed by atoms with Gasteiger partial charge in [0.2, 0.25) is 0 Å². The van der Waals surface area contributed by atoms with Crippen LogP contribution in [0.2, 0.25) is 0 Å². The Morgan fingerprint density at radius 3 is 1.85 bits per heavy atom. The summed E-state index contributed by atoms with van der Waals surface area (Å²) in [5, 5.41) is 3.43. The van der Waals surface area contributed by atoms with Crippen molar-refractivity contribution in [3.05, 3.63) is 0 Å². The van der Waals surface area contributed by atoms with E-state index in [1.165, 1.54) is 6.42 Å². The largest absolute Gasteiger partial charge is 0.315 e. The summed E-state index contributed by atoms with van der Waals surface area (Å²) in [4.78, 5) is 2.33. The summed E-state index contributed by atoms with van der Waals surface area (Å²) in [5.74, 6) is 0.664. The molecule has 0 rings (SSSR count). The minimum atomic E-state index is 0.253. The normalized spacial score (nSPS) is 19.2. The van der Waals surface area contributed by atoms with Gasteiger partial charge in [-0.15, -0.1) is 0 Å². The first-order chi connectivity index (χ1) is 5.90. The molecule has 0 aliphatic carbocycles. The van der Waals surface area contributed by atoms with Gasteiger partial charge in [-0.25, -0.2) is 0 Å². The molecule has 2 nitrogen and oxygen atoms in total. The monoisotopic (exact) mass is 186 g/mol. The van der Waals surface area contributed by atoms with E-state index in [1.807, 2.05) is 0 Å². The lowest BCUT2D eigenvalue weighted by atomic mass is 9.81. The fourth-order valence-corrected chi connectivity index (χ4v) is 2.18. The summed E-state index contributed by atoms with van der Waals surface area (Å²) < 4.78 is 0. The van der Waals surface area contributed by atoms with Crippen molar-refractivity contribution in [2.24, 2.45) is 5.92 Å². The molecule has 13 heavy (non-hydrogen) atoms. The average molecular weight is 186 g/mol. The van der Waals surface area contributed by atoms with Crippen LogP contribution in [0.4, 0.5) is 0 Å². The summed E-state index contributed by atoms with van der Waals surface area (Å²) in [6.07, 6.45) is 1.17. The van der Waals surface area contributed by atoms with Crippen LogP contribution in [0.3, 0.4) is 0 Å². The molecule has 80 valence electrons. The predicted molar refractivity (Wildman–Crippen MR) is 60.1 cm³/mol. The predicted octanol–water partition coefficient (Wildman–Crippen LogP) is 1.96. The maximum atomic E-state index is 3.43. The molecule has 0 fully saturated rings. The van der Waals surface area contributed by atoms with Gasteiger partial charge in [0.15, 0.2) is 0 Å². The summed E-state index contributed by atoms with van der Waals surface area (Å²) in [5.41, 5.74) is 0.253. The number of hydrogen-bond acceptors (Lipinski definition) is 2. The molecule has 0 saturated carbocycles. The molecule has 0 radical (unpaired) electrons. The van der Waals surface area contributed by atoms with Crippen molar-refractivity contribution < 1.29 is 0 Å². The zero-order valence-electron chi connectivity index (χ0n) is 10.3. The Bertz CT molecular complexity index is 143. The van der Waals surface area contributed by atoms with Gasteiger partial charge in [-0.2, -0.15) is 0 Å². The van der Waals surface area contributed by atoms with Gasteiger partial charge >= 0.3 is 0 Å². The maximum absolute atomic E-state index is 3.43. The van der Waals surface area contributed by atoms with E-state index in [2.05, 4.69) is 59.1 Å². The summed E-state index contributed by atoms with van der Waals surface area (Å²) in [6.45, 7) is 9.14. The van der Waals surface area contributed by atoms with Gasteiger partial charge in [-0.3, -0.25) is 0 Å². The molecule has 2 atom stereocenters. The first-order valence-electron chi connectivity index (χ1n) is 5.24. The first-order valence-corrected chi connectivity index (χ1v) is 5.24. The number of likely N-dealkylation sites (N-methyl/N-ethyl adjacent to an activating group) is 2. The van der Waals surface area contributed by atoms with Crippen LogP contribution in [0, 0.1) is 5.92 Å². The lowest BCUT2D eigenvalue weighted by Crippen LogP contribution is -2.58. The number of nitrogens with one attached hydrogen (secondary N) is 1. The van der Waals surface area contributed by atoms with Gasteiger partial charge in [0, 0.05) is 11.6 Å². The smallest absolute Gasteiger partial charge is 0.0328 e. The van der Waals surface area contributed by atoms with E-state index in [0.717, 1.165) is 0 Å². The second-order valence-electron chi connectivity index (χ2n) is 4.62. The van der Waals surface area contributed by atoms with Crippen molar-refractivity contribution in [3.63, 3.8) is 0 Å². The highest BCUT2D eigenvalue weighted by molar-refractivity contribution is 4.95. The molecule has 0 amide bonds. The van der Waals surface area contributed by atoms with Gasteiger partial charge in [-0.1, -0.05) is 20.8 Å². The van der Waals surface area contributed by atoms with Crippen molar-refractivity contribution in [1.29, 1.82) is 0 Å². The number of nitrogens with zero attached hydrogens (tertiary/aromatic N) is 1. The Labute approximate surface area is 83.7 Å². The third kappa shape index (κ3) is 2.68. The Hall–Kier alpha value is -0.0800. The van der Waals surface area contributed by atoms with Gasteiger partial charge in [0.05, 0.1) is 0 Å². The van der Waals surface area contributed by atoms with Crippen molar-refractivity contribution in [3.8, 4) is 0 Å². The number of rotatable bonds is 5. The van der Waals surface area contributed by atoms with Crippen LogP contribution in [-0.2, 0) is 0 Å². The summed E-state index contributed by atoms with van der Waals surface area (Å²) in [7, 11) is 6.38. The molecule has 0 aromatic heterocycles. The van der Waals surface area contributed by atoms with Crippen molar-refractivity contribution in [1.82, 2.24) is 10.2 Å². The van der Waals surface area contributed by atoms with Crippen LogP contribution in [0.15, 0.2) is 0 Å². The van der Waals surface area contributed by atoms with E-state index in [4.69, 9.17) is 0 Å². The minimum absolute atomic E-state index is 0.253. The average Bonchev–Trinajstić information content (AvgIpc) is 2.04. The van der Waals surface area contributed by atoms with E-state index in [0.29, 0.717) is 12.0 Å². The molecule has 0 saturated heterocycles. The standard InChI is InChI=1S/C11H26N2/c1-8-11(4,13(6)7)10(12-5)9(2)3/h9-10,12H,8H2,1-7H3. The Morgan fingerprint density at radius 2 is 1.77 bits per heavy atom. The highest BCUT2D eigenvalue weighted by Crippen LogP contribution is 2.25. The lowest BCUT2D eigenvalue weighted by molar-refractivity contribution is 0.0933. The summed E-state index contributed by atoms with van der Waals surface area (Å²) >= 11 is 0. The summed E-state index contributed by atoms with van der Waals surface area (Å²) in [6, 6.07) is 0.549. The zero-order chi connectivity index (χ0) is 10.6. The molecule has 0 aromatic rings. The van der Waals surface area contributed by atoms with E-state index in [1.54, 1.807) is 0 Å². The van der Waals surface area contributed by atoms with E-state index < -0.39 is 0 Å². The van der Waals surface area contributed by atoms with Gasteiger partial charge in [0.1, 0.15) is 0 Å². The molecule has 0 aromatic carbocycles. The van der Waals surface area contributed by atoms with Crippen LogP contribution in [0.1, 0.15) is 34.1 Å². The van der Waals surface area contributed by atoms with Gasteiger partial charge in [0.25, 0.3) is 0 Å². The molecule has 2 heteroatoms. The van der Waals surface area contributed by atoms with E-state index in [9.17, 15) is 0 Å². The lowest BCUT2D eigenvalue weighted by Gasteiger charge is -2.44. The van der Waals surface area contributed by atoms with Crippen LogP contribution < -0.4 is 5.32 Å². The molecule has 0 heterocycles. The Morgan fingerprint density at radius 1 is 1.31 bits per heavy atom. The fourth-order valence-electron chi connectivity index (χ4n) is 2.18. The fraction of sp³-hybridized carbons (Fsp3) is 1.00. The molecule has 2 unspecified atom stereocenters. The minimum Gasteiger partial charge on any atom is -0.315 e. The molecular weight excluding hydrogens is 160 g/mol. The van der Waals surface area contributed by atoms with Gasteiger partial charge in [-0.05, 0) is 40.4 Å². The third-order valence-electron chi connectivity index (χ3n) is 3.39. The second kappa shape index (κ2) is 4.97. The molecule has 1 N–H and O–H groups in total. The second-order valence-corrected chi connectivity index (χ2v) is 4.62. The highest BCUT2D eigenvalue weighted by Gasteiger charge is 2.35. The first kappa shape index (κ1) is 12.9. The highest BCUT2D eigenvalue weighted by atomic mass is 15.2. The van der Waals surface area contributed by atoms with E-state index >= 15 is 0 Å². The number of hydrogen-bond donors (Lipinski definition) is 1. The molecular formula is C11H26N2. The van der Waals surface area contributed by atoms with Gasteiger partial charge < -0.3 is 10.2 Å². The zero-order valence-corrected chi connectivity index (χ0v) is 10.3. The third-order valence-corrected chi connectivity index (χ3v) is 3.39.